The Morgan fingerprint density at radius 3 is 2.48 bits per heavy atom. The monoisotopic (exact) mass is 392 g/mol. The lowest BCUT2D eigenvalue weighted by molar-refractivity contribution is 0.0511. The third kappa shape index (κ3) is 5.51. The van der Waals surface area contributed by atoms with Gasteiger partial charge in [-0.15, -0.1) is 0 Å². The highest BCUT2D eigenvalue weighted by atomic mass is 16.5. The first kappa shape index (κ1) is 20.3. The highest BCUT2D eigenvalue weighted by molar-refractivity contribution is 5.85. The van der Waals surface area contributed by atoms with Crippen molar-refractivity contribution in [2.45, 2.75) is 33.1 Å². The molecule has 0 atom stereocenters. The van der Waals surface area contributed by atoms with Crippen LogP contribution in [0.15, 0.2) is 54.9 Å². The van der Waals surface area contributed by atoms with Gasteiger partial charge in [0, 0.05) is 35.6 Å². The quantitative estimate of drug-likeness (QED) is 0.598. The van der Waals surface area contributed by atoms with E-state index in [0.29, 0.717) is 17.3 Å². The Labute approximate surface area is 170 Å². The van der Waals surface area contributed by atoms with E-state index in [-0.39, 0.29) is 17.8 Å². The van der Waals surface area contributed by atoms with Crippen LogP contribution in [-0.4, -0.2) is 27.5 Å². The predicted molar refractivity (Wildman–Crippen MR) is 111 cm³/mol. The van der Waals surface area contributed by atoms with Crippen molar-refractivity contribution in [3.05, 3.63) is 66.4 Å². The summed E-state index contributed by atoms with van der Waals surface area (Å²) in [6.45, 7) is 8.09. The summed E-state index contributed by atoms with van der Waals surface area (Å²) in [4.78, 5) is 24.9. The SMILES string of the molecule is CCOC(=O)c1nc(Nc2cccc(Oc3ccncc3)c2)cc(C(C)(C)C)n1. The van der Waals surface area contributed by atoms with E-state index in [9.17, 15) is 4.79 Å². The van der Waals surface area contributed by atoms with Crippen LogP contribution in [0.4, 0.5) is 11.5 Å². The third-order valence-corrected chi connectivity index (χ3v) is 3.94. The molecular weight excluding hydrogens is 368 g/mol. The lowest BCUT2D eigenvalue weighted by Gasteiger charge is -2.19. The number of nitrogens with one attached hydrogen (secondary N) is 1. The summed E-state index contributed by atoms with van der Waals surface area (Å²) in [5, 5.41) is 3.23. The van der Waals surface area contributed by atoms with E-state index in [1.54, 1.807) is 31.5 Å². The van der Waals surface area contributed by atoms with E-state index < -0.39 is 5.97 Å². The van der Waals surface area contributed by atoms with Gasteiger partial charge in [-0.25, -0.2) is 14.8 Å². The van der Waals surface area contributed by atoms with Gasteiger partial charge in [0.1, 0.15) is 17.3 Å². The number of pyridine rings is 1. The molecule has 7 heteroatoms. The van der Waals surface area contributed by atoms with Crippen molar-refractivity contribution in [3.8, 4) is 11.5 Å². The maximum absolute atomic E-state index is 12.2. The number of benzene rings is 1. The van der Waals surface area contributed by atoms with Gasteiger partial charge in [0.15, 0.2) is 0 Å². The van der Waals surface area contributed by atoms with E-state index in [1.807, 2.05) is 51.1 Å². The Morgan fingerprint density at radius 1 is 1.03 bits per heavy atom. The molecule has 3 rings (SSSR count). The molecule has 0 aliphatic heterocycles. The van der Waals surface area contributed by atoms with Crippen molar-refractivity contribution in [2.75, 3.05) is 11.9 Å². The number of anilines is 2. The van der Waals surface area contributed by atoms with E-state index in [4.69, 9.17) is 9.47 Å². The second-order valence-corrected chi connectivity index (χ2v) is 7.37. The zero-order chi connectivity index (χ0) is 20.9. The van der Waals surface area contributed by atoms with Gasteiger partial charge in [-0.1, -0.05) is 26.8 Å². The molecule has 0 aliphatic rings. The summed E-state index contributed by atoms with van der Waals surface area (Å²) >= 11 is 0. The Balaban J connectivity index is 1.88. The van der Waals surface area contributed by atoms with Gasteiger partial charge in [0.25, 0.3) is 0 Å². The number of carbonyl (C=O) groups is 1. The van der Waals surface area contributed by atoms with Crippen LogP contribution in [0.1, 0.15) is 44.0 Å². The lowest BCUT2D eigenvalue weighted by atomic mass is 9.92. The average molecular weight is 392 g/mol. The summed E-state index contributed by atoms with van der Waals surface area (Å²) in [5.41, 5.74) is 1.25. The minimum absolute atomic E-state index is 0.0333. The van der Waals surface area contributed by atoms with Crippen LogP contribution < -0.4 is 10.1 Å². The fraction of sp³-hybridized carbons (Fsp3) is 0.273. The van der Waals surface area contributed by atoms with Crippen molar-refractivity contribution in [1.82, 2.24) is 15.0 Å². The zero-order valence-electron chi connectivity index (χ0n) is 17.0. The molecule has 3 aromatic rings. The molecule has 0 unspecified atom stereocenters. The highest BCUT2D eigenvalue weighted by Gasteiger charge is 2.21. The van der Waals surface area contributed by atoms with Crippen molar-refractivity contribution >= 4 is 17.5 Å². The predicted octanol–water partition coefficient (Wildman–Crippen LogP) is 4.88. The second kappa shape index (κ2) is 8.68. The van der Waals surface area contributed by atoms with Crippen LogP contribution in [0.2, 0.25) is 0 Å². The van der Waals surface area contributed by atoms with Crippen molar-refractivity contribution in [1.29, 1.82) is 0 Å². The number of carbonyl (C=O) groups excluding carboxylic acids is 1. The Kier molecular flexibility index (Phi) is 6.07. The van der Waals surface area contributed by atoms with Gasteiger partial charge >= 0.3 is 5.97 Å². The number of ether oxygens (including phenoxy) is 2. The molecule has 0 bridgehead atoms. The largest absolute Gasteiger partial charge is 0.460 e. The molecule has 29 heavy (non-hydrogen) atoms. The molecule has 0 spiro atoms. The van der Waals surface area contributed by atoms with E-state index >= 15 is 0 Å². The van der Waals surface area contributed by atoms with Crippen LogP contribution in [0, 0.1) is 0 Å². The maximum Gasteiger partial charge on any atom is 0.376 e. The summed E-state index contributed by atoms with van der Waals surface area (Å²) in [6.07, 6.45) is 3.34. The smallest absolute Gasteiger partial charge is 0.376 e. The van der Waals surface area contributed by atoms with Gasteiger partial charge in [0.2, 0.25) is 5.82 Å². The minimum atomic E-state index is -0.545. The summed E-state index contributed by atoms with van der Waals surface area (Å²) in [6, 6.07) is 12.9. The summed E-state index contributed by atoms with van der Waals surface area (Å²) in [5.74, 6) is 1.35. The van der Waals surface area contributed by atoms with Crippen LogP contribution >= 0.6 is 0 Å². The highest BCUT2D eigenvalue weighted by Crippen LogP contribution is 2.27. The van der Waals surface area contributed by atoms with Crippen LogP contribution in [0.3, 0.4) is 0 Å². The molecule has 2 heterocycles. The van der Waals surface area contributed by atoms with E-state index in [0.717, 1.165) is 11.4 Å². The normalized spacial score (nSPS) is 11.0. The molecule has 1 N–H and O–H groups in total. The second-order valence-electron chi connectivity index (χ2n) is 7.37. The fourth-order valence-corrected chi connectivity index (χ4v) is 2.51. The maximum atomic E-state index is 12.2. The molecule has 0 aliphatic carbocycles. The molecular formula is C22H24N4O3. The Hall–Kier alpha value is -3.48. The Bertz CT molecular complexity index is 985. The van der Waals surface area contributed by atoms with Crippen LogP contribution in [-0.2, 0) is 10.2 Å². The van der Waals surface area contributed by atoms with E-state index in [2.05, 4.69) is 20.3 Å². The first-order valence-corrected chi connectivity index (χ1v) is 9.37. The number of esters is 1. The zero-order valence-corrected chi connectivity index (χ0v) is 17.0. The number of nitrogens with zero attached hydrogens (tertiary/aromatic N) is 3. The first-order chi connectivity index (χ1) is 13.8. The molecule has 1 aromatic carbocycles. The van der Waals surface area contributed by atoms with Gasteiger partial charge in [-0.2, -0.15) is 0 Å². The standard InChI is InChI=1S/C22H24N4O3/c1-5-28-21(27)20-25-18(22(2,3)4)14-19(26-20)24-15-7-6-8-17(13-15)29-16-9-11-23-12-10-16/h6-14H,5H2,1-4H3,(H,24,25,26). The van der Waals surface area contributed by atoms with Crippen molar-refractivity contribution < 1.29 is 14.3 Å². The van der Waals surface area contributed by atoms with Crippen molar-refractivity contribution in [2.24, 2.45) is 0 Å². The molecule has 0 fully saturated rings. The molecule has 2 aromatic heterocycles. The van der Waals surface area contributed by atoms with Crippen molar-refractivity contribution in [3.63, 3.8) is 0 Å². The average Bonchev–Trinajstić information content (AvgIpc) is 2.68. The minimum Gasteiger partial charge on any atom is -0.460 e. The topological polar surface area (TPSA) is 86.2 Å². The van der Waals surface area contributed by atoms with E-state index in [1.165, 1.54) is 0 Å². The van der Waals surface area contributed by atoms with Gasteiger partial charge < -0.3 is 14.8 Å². The first-order valence-electron chi connectivity index (χ1n) is 9.37. The van der Waals surface area contributed by atoms with Gasteiger partial charge in [-0.05, 0) is 31.2 Å². The van der Waals surface area contributed by atoms with Gasteiger partial charge in [0.05, 0.1) is 12.3 Å². The third-order valence-electron chi connectivity index (χ3n) is 3.94. The number of hydrogen-bond acceptors (Lipinski definition) is 7. The molecule has 7 nitrogen and oxygen atoms in total. The Morgan fingerprint density at radius 2 is 1.79 bits per heavy atom. The number of rotatable bonds is 6. The summed E-state index contributed by atoms with van der Waals surface area (Å²) in [7, 11) is 0. The number of hydrogen-bond donors (Lipinski definition) is 1. The van der Waals surface area contributed by atoms with Crippen LogP contribution in [0.25, 0.3) is 0 Å². The molecule has 0 saturated heterocycles. The molecule has 0 radical (unpaired) electrons. The van der Waals surface area contributed by atoms with Gasteiger partial charge in [-0.3, -0.25) is 4.98 Å². The molecule has 150 valence electrons. The summed E-state index contributed by atoms with van der Waals surface area (Å²) < 4.78 is 10.9. The fourth-order valence-electron chi connectivity index (χ4n) is 2.51. The molecule has 0 amide bonds. The lowest BCUT2D eigenvalue weighted by Crippen LogP contribution is -2.19. The number of aromatic nitrogens is 3. The molecule has 0 saturated carbocycles. The van der Waals surface area contributed by atoms with Crippen LogP contribution in [0.5, 0.6) is 11.5 Å².